The summed E-state index contributed by atoms with van der Waals surface area (Å²) < 4.78 is 65.9. The highest BCUT2D eigenvalue weighted by Crippen LogP contribution is 2.42. The lowest BCUT2D eigenvalue weighted by Crippen LogP contribution is -2.26. The molecule has 1 atom stereocenters. The molecule has 0 spiro atoms. The van der Waals surface area contributed by atoms with Gasteiger partial charge < -0.3 is 0 Å². The summed E-state index contributed by atoms with van der Waals surface area (Å²) in [6.07, 6.45) is -0.0545. The van der Waals surface area contributed by atoms with E-state index in [1.165, 1.54) is 6.92 Å². The summed E-state index contributed by atoms with van der Waals surface area (Å²) in [5, 5.41) is 0. The van der Waals surface area contributed by atoms with Gasteiger partial charge in [0.15, 0.2) is 23.3 Å². The highest BCUT2D eigenvalue weighted by molar-refractivity contribution is 7.65. The molecule has 1 rings (SSSR count). The van der Waals surface area contributed by atoms with Crippen LogP contribution in [0.15, 0.2) is 0 Å². The maximum absolute atomic E-state index is 13.5. The van der Waals surface area contributed by atoms with Crippen molar-refractivity contribution in [1.29, 1.82) is 0 Å². The molecule has 0 heterocycles. The van der Waals surface area contributed by atoms with Gasteiger partial charge in [0.2, 0.25) is 5.82 Å². The van der Waals surface area contributed by atoms with Gasteiger partial charge in [-0.1, -0.05) is 6.92 Å². The average Bonchev–Trinajstić information content (AvgIpc) is 2.27. The van der Waals surface area contributed by atoms with Gasteiger partial charge in [0, 0.05) is 11.1 Å². The van der Waals surface area contributed by atoms with E-state index >= 15 is 0 Å². The van der Waals surface area contributed by atoms with Crippen LogP contribution in [-0.2, 0) is 0 Å². The molecule has 0 aliphatic heterocycles. The Morgan fingerprint density at radius 2 is 1.17 bits per heavy atom. The molecule has 0 aliphatic rings. The lowest BCUT2D eigenvalue weighted by atomic mass is 10.1. The molecule has 0 bridgehead atoms. The molecule has 1 unspecified atom stereocenters. The van der Waals surface area contributed by atoms with Crippen molar-refractivity contribution in [2.45, 2.75) is 18.9 Å². The molecule has 0 aromatic heterocycles. The third kappa shape index (κ3) is 2.76. The van der Waals surface area contributed by atoms with E-state index in [0.717, 1.165) is 0 Å². The molecule has 0 saturated carbocycles. The van der Waals surface area contributed by atoms with Crippen LogP contribution in [0.3, 0.4) is 0 Å². The number of benzene rings is 1. The number of rotatable bonds is 3. The highest BCUT2D eigenvalue weighted by atomic mass is 35.8. The Morgan fingerprint density at radius 3 is 1.44 bits per heavy atom. The third-order valence-electron chi connectivity index (χ3n) is 2.40. The van der Waals surface area contributed by atoms with Crippen molar-refractivity contribution in [2.24, 2.45) is 0 Å². The second-order valence-electron chi connectivity index (χ2n) is 3.49. The highest BCUT2D eigenvalue weighted by Gasteiger charge is 2.42. The van der Waals surface area contributed by atoms with Crippen LogP contribution in [0.5, 0.6) is 0 Å². The quantitative estimate of drug-likeness (QED) is 0.236. The van der Waals surface area contributed by atoms with Crippen molar-refractivity contribution in [2.75, 3.05) is 0 Å². The molecule has 1 aromatic rings. The van der Waals surface area contributed by atoms with Crippen molar-refractivity contribution in [1.82, 2.24) is 0 Å². The van der Waals surface area contributed by atoms with Crippen LogP contribution >= 0.6 is 33.2 Å². The van der Waals surface area contributed by atoms with E-state index in [0.29, 0.717) is 0 Å². The molecule has 0 N–H and O–H groups in total. The van der Waals surface area contributed by atoms with E-state index in [9.17, 15) is 22.0 Å². The topological polar surface area (TPSA) is 0 Å². The largest absolute Gasteiger partial charge is 0.348 e. The molecule has 0 amide bonds. The van der Waals surface area contributed by atoms with Gasteiger partial charge in [-0.25, -0.2) is 22.0 Å². The first-order valence-electron chi connectivity index (χ1n) is 4.70. The zero-order valence-corrected chi connectivity index (χ0v) is 12.1. The summed E-state index contributed by atoms with van der Waals surface area (Å²) >= 11 is 16.9. The SMILES string of the molecule is CCC(c1c(F)c(F)c(F)c(F)c1F)[Si](Cl)(Cl)Cl. The van der Waals surface area contributed by atoms with Crippen molar-refractivity contribution >= 4 is 39.2 Å². The van der Waals surface area contributed by atoms with Crippen molar-refractivity contribution in [3.63, 3.8) is 0 Å². The molecule has 18 heavy (non-hydrogen) atoms. The minimum Gasteiger partial charge on any atom is -0.203 e. The van der Waals surface area contributed by atoms with Gasteiger partial charge in [0.1, 0.15) is 0 Å². The molecule has 9 heteroatoms. The molecule has 0 radical (unpaired) electrons. The normalized spacial score (nSPS) is 13.8. The van der Waals surface area contributed by atoms with Gasteiger partial charge in [-0.15, -0.1) is 33.2 Å². The monoisotopic (exact) mass is 342 g/mol. The molecule has 0 nitrogen and oxygen atoms in total. The Labute approximate surface area is 115 Å². The Balaban J connectivity index is 3.59. The van der Waals surface area contributed by atoms with Gasteiger partial charge in [-0.05, 0) is 6.42 Å². The van der Waals surface area contributed by atoms with Crippen LogP contribution in [0.1, 0.15) is 24.4 Å². The van der Waals surface area contributed by atoms with E-state index in [2.05, 4.69) is 0 Å². The summed E-state index contributed by atoms with van der Waals surface area (Å²) in [5.41, 5.74) is -2.37. The fourth-order valence-corrected chi connectivity index (χ4v) is 4.94. The van der Waals surface area contributed by atoms with Crippen LogP contribution in [0.4, 0.5) is 22.0 Å². The first kappa shape index (κ1) is 16.0. The molecule has 0 saturated heterocycles. The number of hydrogen-bond acceptors (Lipinski definition) is 0. The average molecular weight is 344 g/mol. The molecule has 102 valence electrons. The summed E-state index contributed by atoms with van der Waals surface area (Å²) in [6.45, 7) is 1.43. The van der Waals surface area contributed by atoms with E-state index < -0.39 is 46.2 Å². The van der Waals surface area contributed by atoms with Crippen LogP contribution in [0, 0.1) is 29.1 Å². The van der Waals surface area contributed by atoms with Crippen LogP contribution < -0.4 is 0 Å². The predicted octanol–water partition coefficient (Wildman–Crippen LogP) is 5.07. The van der Waals surface area contributed by atoms with Gasteiger partial charge >= 0.3 is 6.00 Å². The van der Waals surface area contributed by atoms with E-state index in [1.54, 1.807) is 0 Å². The number of halogens is 8. The van der Waals surface area contributed by atoms with Crippen LogP contribution in [0.25, 0.3) is 0 Å². The zero-order chi connectivity index (χ0) is 14.2. The third-order valence-corrected chi connectivity index (χ3v) is 6.25. The van der Waals surface area contributed by atoms with Crippen molar-refractivity contribution in [3.8, 4) is 0 Å². The van der Waals surface area contributed by atoms with E-state index in [1.807, 2.05) is 0 Å². The first-order valence-corrected chi connectivity index (χ1v) is 9.82. The minimum absolute atomic E-state index is 0.0545. The second-order valence-corrected chi connectivity index (χ2v) is 12.4. The lowest BCUT2D eigenvalue weighted by Gasteiger charge is -2.22. The maximum atomic E-state index is 13.5. The smallest absolute Gasteiger partial charge is 0.203 e. The number of hydrogen-bond donors (Lipinski definition) is 0. The van der Waals surface area contributed by atoms with Crippen LogP contribution in [0.2, 0.25) is 0 Å². The molecular formula is C9H6Cl3F5Si. The zero-order valence-electron chi connectivity index (χ0n) is 8.81. The van der Waals surface area contributed by atoms with Crippen LogP contribution in [-0.4, -0.2) is 6.00 Å². The molecule has 0 fully saturated rings. The standard InChI is InChI=1S/C9H6Cl3F5Si/c1-2-3(18(10,11)12)4-5(13)7(15)9(17)8(16)6(4)14/h3H,2H2,1H3. The molecular weight excluding hydrogens is 338 g/mol. The van der Waals surface area contributed by atoms with Gasteiger partial charge in [0.25, 0.3) is 0 Å². The Bertz CT molecular complexity index is 445. The Morgan fingerprint density at radius 1 is 0.833 bits per heavy atom. The fraction of sp³-hybridized carbons (Fsp3) is 0.333. The Kier molecular flexibility index (Phi) is 4.91. The summed E-state index contributed by atoms with van der Waals surface area (Å²) in [7, 11) is 0. The van der Waals surface area contributed by atoms with Gasteiger partial charge in [-0.3, -0.25) is 0 Å². The minimum atomic E-state index is -3.67. The molecule has 0 aliphatic carbocycles. The van der Waals surface area contributed by atoms with Gasteiger partial charge in [-0.2, -0.15) is 0 Å². The van der Waals surface area contributed by atoms with Gasteiger partial charge in [0.05, 0.1) is 0 Å². The maximum Gasteiger partial charge on any atom is 0.348 e. The van der Waals surface area contributed by atoms with E-state index in [4.69, 9.17) is 33.2 Å². The summed E-state index contributed by atoms with van der Waals surface area (Å²) in [5.74, 6) is -10.2. The second kappa shape index (κ2) is 5.52. The predicted molar refractivity (Wildman–Crippen MR) is 62.6 cm³/mol. The first-order chi connectivity index (χ1) is 8.12. The summed E-state index contributed by atoms with van der Waals surface area (Å²) in [6, 6.07) is -3.67. The van der Waals surface area contributed by atoms with Crippen molar-refractivity contribution < 1.29 is 22.0 Å². The lowest BCUT2D eigenvalue weighted by molar-refractivity contribution is 0.368. The Hall–Kier alpha value is -0.0431. The molecule has 1 aromatic carbocycles. The fourth-order valence-electron chi connectivity index (χ4n) is 1.53. The summed E-state index contributed by atoms with van der Waals surface area (Å²) in [4.78, 5) is 0. The van der Waals surface area contributed by atoms with E-state index in [-0.39, 0.29) is 6.42 Å². The van der Waals surface area contributed by atoms with Crippen molar-refractivity contribution in [3.05, 3.63) is 34.6 Å².